The van der Waals surface area contributed by atoms with Gasteiger partial charge in [-0.05, 0) is 27.2 Å². The molecule has 0 saturated carbocycles. The smallest absolute Gasteiger partial charge is 0.410 e. The number of carboxylic acid groups (broad SMARTS) is 1. The predicted octanol–water partition coefficient (Wildman–Crippen LogP) is 0.765. The highest BCUT2D eigenvalue weighted by molar-refractivity contribution is 5.71. The summed E-state index contributed by atoms with van der Waals surface area (Å²) in [6, 6.07) is 0.266. The Labute approximate surface area is 106 Å². The van der Waals surface area contributed by atoms with E-state index in [9.17, 15) is 9.59 Å². The Kier molecular flexibility index (Phi) is 3.23. The minimum absolute atomic E-state index is 0.0589. The van der Waals surface area contributed by atoms with Gasteiger partial charge in [-0.25, -0.2) is 4.79 Å². The van der Waals surface area contributed by atoms with Crippen molar-refractivity contribution >= 4 is 12.1 Å². The summed E-state index contributed by atoms with van der Waals surface area (Å²) in [6.07, 6.45) is 0.567. The van der Waals surface area contributed by atoms with Crippen LogP contribution in [-0.4, -0.2) is 64.3 Å². The molecule has 18 heavy (non-hydrogen) atoms. The SMILES string of the molecule is CC(C)(C)OC(=O)N1C[C@H]2C[C@@H]1CN2CC(=O)O. The number of ether oxygens (including phenoxy) is 1. The van der Waals surface area contributed by atoms with Crippen molar-refractivity contribution in [1.82, 2.24) is 9.80 Å². The molecule has 0 aliphatic carbocycles. The minimum atomic E-state index is -0.814. The fraction of sp³-hybridized carbons (Fsp3) is 0.833. The minimum Gasteiger partial charge on any atom is -0.480 e. The number of hydrogen-bond acceptors (Lipinski definition) is 4. The average Bonchev–Trinajstić information content (AvgIpc) is 2.72. The molecular formula is C12H20N2O4. The van der Waals surface area contributed by atoms with Crippen molar-refractivity contribution in [2.75, 3.05) is 19.6 Å². The number of carbonyl (C=O) groups excluding carboxylic acids is 1. The Bertz CT molecular complexity index is 364. The maximum atomic E-state index is 11.9. The first-order valence-corrected chi connectivity index (χ1v) is 6.22. The highest BCUT2D eigenvalue weighted by atomic mass is 16.6. The molecule has 0 unspecified atom stereocenters. The van der Waals surface area contributed by atoms with E-state index in [1.165, 1.54) is 0 Å². The van der Waals surface area contributed by atoms with Crippen LogP contribution < -0.4 is 0 Å². The van der Waals surface area contributed by atoms with Gasteiger partial charge in [-0.1, -0.05) is 0 Å². The summed E-state index contributed by atoms with van der Waals surface area (Å²) in [5, 5.41) is 8.78. The van der Waals surface area contributed by atoms with Gasteiger partial charge in [0.15, 0.2) is 0 Å². The van der Waals surface area contributed by atoms with E-state index < -0.39 is 11.6 Å². The van der Waals surface area contributed by atoms with Crippen LogP contribution in [0.1, 0.15) is 27.2 Å². The second-order valence-electron chi connectivity index (χ2n) is 6.00. The van der Waals surface area contributed by atoms with Crippen LogP contribution in [0.25, 0.3) is 0 Å². The molecule has 2 rings (SSSR count). The number of nitrogens with zero attached hydrogens (tertiary/aromatic N) is 2. The number of aliphatic carboxylic acids is 1. The van der Waals surface area contributed by atoms with E-state index in [0.29, 0.717) is 13.1 Å². The summed E-state index contributed by atoms with van der Waals surface area (Å²) >= 11 is 0. The second kappa shape index (κ2) is 4.42. The Hall–Kier alpha value is -1.30. The molecule has 2 atom stereocenters. The quantitative estimate of drug-likeness (QED) is 0.790. The van der Waals surface area contributed by atoms with Gasteiger partial charge in [-0.15, -0.1) is 0 Å². The van der Waals surface area contributed by atoms with Gasteiger partial charge in [0.05, 0.1) is 6.54 Å². The molecule has 0 aromatic carbocycles. The number of piperazine rings is 1. The first-order chi connectivity index (χ1) is 8.26. The monoisotopic (exact) mass is 256 g/mol. The van der Waals surface area contributed by atoms with E-state index in [1.807, 2.05) is 25.7 Å². The number of carboxylic acids is 1. The predicted molar refractivity (Wildman–Crippen MR) is 64.3 cm³/mol. The zero-order valence-electron chi connectivity index (χ0n) is 11.0. The van der Waals surface area contributed by atoms with Crippen molar-refractivity contribution in [2.45, 2.75) is 44.9 Å². The molecule has 6 nitrogen and oxygen atoms in total. The van der Waals surface area contributed by atoms with Crippen molar-refractivity contribution in [1.29, 1.82) is 0 Å². The standard InChI is InChI=1S/C12H20N2O4/c1-12(2,3)18-11(17)14-6-8-4-9(14)5-13(8)7-10(15)16/h8-9H,4-7H2,1-3H3,(H,15,16)/t8-,9-/m1/s1. The lowest BCUT2D eigenvalue weighted by molar-refractivity contribution is -0.138. The van der Waals surface area contributed by atoms with E-state index in [-0.39, 0.29) is 24.7 Å². The normalized spacial score (nSPS) is 27.6. The molecule has 0 aromatic heterocycles. The largest absolute Gasteiger partial charge is 0.480 e. The maximum Gasteiger partial charge on any atom is 0.410 e. The number of likely N-dealkylation sites (tertiary alicyclic amines) is 2. The van der Waals surface area contributed by atoms with Crippen LogP contribution in [0.2, 0.25) is 0 Å². The molecule has 1 amide bonds. The van der Waals surface area contributed by atoms with Gasteiger partial charge < -0.3 is 14.7 Å². The number of hydrogen-bond donors (Lipinski definition) is 1. The Morgan fingerprint density at radius 3 is 2.39 bits per heavy atom. The molecule has 2 aliphatic heterocycles. The fourth-order valence-corrected chi connectivity index (χ4v) is 2.66. The number of rotatable bonds is 2. The van der Waals surface area contributed by atoms with Crippen LogP contribution in [0, 0.1) is 0 Å². The second-order valence-corrected chi connectivity index (χ2v) is 6.00. The third kappa shape index (κ3) is 2.75. The summed E-state index contributed by atoms with van der Waals surface area (Å²) in [5.41, 5.74) is -0.486. The van der Waals surface area contributed by atoms with Crippen molar-refractivity contribution < 1.29 is 19.4 Å². The van der Waals surface area contributed by atoms with Gasteiger partial charge in [0, 0.05) is 25.2 Å². The molecule has 0 aromatic rings. The lowest BCUT2D eigenvalue weighted by Gasteiger charge is -2.34. The summed E-state index contributed by atoms with van der Waals surface area (Å²) in [6.45, 7) is 6.80. The van der Waals surface area contributed by atoms with E-state index >= 15 is 0 Å². The van der Waals surface area contributed by atoms with Crippen LogP contribution in [0.15, 0.2) is 0 Å². The molecule has 2 fully saturated rings. The van der Waals surface area contributed by atoms with Crippen molar-refractivity contribution in [3.63, 3.8) is 0 Å². The fourth-order valence-electron chi connectivity index (χ4n) is 2.66. The topological polar surface area (TPSA) is 70.1 Å². The van der Waals surface area contributed by atoms with Crippen LogP contribution in [0.5, 0.6) is 0 Å². The summed E-state index contributed by atoms with van der Waals surface area (Å²) in [7, 11) is 0. The molecular weight excluding hydrogens is 236 g/mol. The maximum absolute atomic E-state index is 11.9. The molecule has 2 saturated heterocycles. The van der Waals surface area contributed by atoms with Crippen LogP contribution in [-0.2, 0) is 9.53 Å². The zero-order chi connectivity index (χ0) is 13.5. The molecule has 102 valence electrons. The molecule has 0 spiro atoms. The number of carbonyl (C=O) groups is 2. The summed E-state index contributed by atoms with van der Waals surface area (Å²) < 4.78 is 5.34. The Morgan fingerprint density at radius 1 is 1.28 bits per heavy atom. The van der Waals surface area contributed by atoms with Gasteiger partial charge in [-0.3, -0.25) is 9.69 Å². The first-order valence-electron chi connectivity index (χ1n) is 6.22. The van der Waals surface area contributed by atoms with E-state index in [0.717, 1.165) is 6.42 Å². The highest BCUT2D eigenvalue weighted by Gasteiger charge is 2.46. The van der Waals surface area contributed by atoms with Gasteiger partial charge in [0.25, 0.3) is 0 Å². The van der Waals surface area contributed by atoms with E-state index in [2.05, 4.69) is 0 Å². The summed E-state index contributed by atoms with van der Waals surface area (Å²) in [4.78, 5) is 26.3. The average molecular weight is 256 g/mol. The third-order valence-corrected chi connectivity index (χ3v) is 3.32. The number of amides is 1. The molecule has 1 N–H and O–H groups in total. The van der Waals surface area contributed by atoms with Crippen molar-refractivity contribution in [3.8, 4) is 0 Å². The lowest BCUT2D eigenvalue weighted by atomic mass is 10.2. The van der Waals surface area contributed by atoms with Crippen LogP contribution >= 0.6 is 0 Å². The molecule has 2 aliphatic rings. The van der Waals surface area contributed by atoms with Crippen molar-refractivity contribution in [2.24, 2.45) is 0 Å². The molecule has 2 bridgehead atoms. The first kappa shape index (κ1) is 13.1. The van der Waals surface area contributed by atoms with E-state index in [1.54, 1.807) is 4.90 Å². The van der Waals surface area contributed by atoms with Crippen LogP contribution in [0.4, 0.5) is 4.79 Å². The van der Waals surface area contributed by atoms with Crippen LogP contribution in [0.3, 0.4) is 0 Å². The molecule has 6 heteroatoms. The molecule has 2 heterocycles. The summed E-state index contributed by atoms with van der Waals surface area (Å²) in [5.74, 6) is -0.814. The van der Waals surface area contributed by atoms with Crippen molar-refractivity contribution in [3.05, 3.63) is 0 Å². The third-order valence-electron chi connectivity index (χ3n) is 3.32. The van der Waals surface area contributed by atoms with Gasteiger partial charge in [-0.2, -0.15) is 0 Å². The van der Waals surface area contributed by atoms with Gasteiger partial charge in [0.1, 0.15) is 5.60 Å². The van der Waals surface area contributed by atoms with Gasteiger partial charge in [0.2, 0.25) is 0 Å². The molecule has 0 radical (unpaired) electrons. The lowest BCUT2D eigenvalue weighted by Crippen LogP contribution is -2.51. The Balaban J connectivity index is 1.91. The van der Waals surface area contributed by atoms with Gasteiger partial charge >= 0.3 is 12.1 Å². The van der Waals surface area contributed by atoms with E-state index in [4.69, 9.17) is 9.84 Å². The number of fused-ring (bicyclic) bond motifs is 2. The Morgan fingerprint density at radius 2 is 1.94 bits per heavy atom. The highest BCUT2D eigenvalue weighted by Crippen LogP contribution is 2.31. The zero-order valence-corrected chi connectivity index (χ0v) is 11.0.